The lowest BCUT2D eigenvalue weighted by atomic mass is 10.3. The normalized spacial score (nSPS) is 9.44. The molecule has 0 bridgehead atoms. The number of thiophene rings is 1. The Kier molecular flexibility index (Phi) is 1.53. The molecule has 9 heavy (non-hydrogen) atoms. The molecule has 1 heterocycles. The summed E-state index contributed by atoms with van der Waals surface area (Å²) < 4.78 is 0. The van der Waals surface area contributed by atoms with Crippen LogP contribution in [0, 0.1) is 6.92 Å². The predicted octanol–water partition coefficient (Wildman–Crippen LogP) is 1.57. The Bertz CT molecular complexity index is 227. The first kappa shape index (κ1) is 6.29. The second-order valence-corrected chi connectivity index (χ2v) is 2.97. The summed E-state index contributed by atoms with van der Waals surface area (Å²) in [6.07, 6.45) is 0.652. The Hall–Kier alpha value is -0.830. The topological polar surface area (TPSA) is 37.3 Å². The first-order valence-corrected chi connectivity index (χ1v) is 3.30. The largest absolute Gasteiger partial charge is 0.499 e. The van der Waals surface area contributed by atoms with Gasteiger partial charge >= 0.3 is 0 Å². The maximum absolute atomic E-state index is 10.1. The van der Waals surface area contributed by atoms with Gasteiger partial charge in [-0.15, -0.1) is 11.3 Å². The van der Waals surface area contributed by atoms with E-state index in [1.807, 2.05) is 6.92 Å². The van der Waals surface area contributed by atoms with Gasteiger partial charge in [-0.05, 0) is 13.0 Å². The molecule has 3 heteroatoms. The summed E-state index contributed by atoms with van der Waals surface area (Å²) in [6.45, 7) is 1.84. The molecule has 0 aromatic carbocycles. The minimum Gasteiger partial charge on any atom is -0.499 e. The zero-order valence-corrected chi connectivity index (χ0v) is 5.73. The molecule has 0 amide bonds. The molecule has 0 aliphatic rings. The van der Waals surface area contributed by atoms with Crippen molar-refractivity contribution in [3.8, 4) is 5.06 Å². The number of aryl methyl sites for hydroxylation is 1. The average molecular weight is 142 g/mol. The maximum Gasteiger partial charge on any atom is 0.182 e. The first-order valence-electron chi connectivity index (χ1n) is 2.48. The summed E-state index contributed by atoms with van der Waals surface area (Å²) in [5.41, 5.74) is 0.387. The molecule has 2 nitrogen and oxygen atoms in total. The number of aldehydes is 1. The molecule has 48 valence electrons. The zero-order valence-electron chi connectivity index (χ0n) is 4.92. The Morgan fingerprint density at radius 3 is 2.67 bits per heavy atom. The van der Waals surface area contributed by atoms with Crippen molar-refractivity contribution >= 4 is 17.6 Å². The van der Waals surface area contributed by atoms with Crippen molar-refractivity contribution in [3.05, 3.63) is 16.5 Å². The molecule has 0 aliphatic heterocycles. The van der Waals surface area contributed by atoms with Gasteiger partial charge in [-0.25, -0.2) is 0 Å². The van der Waals surface area contributed by atoms with Gasteiger partial charge in [-0.3, -0.25) is 4.79 Å². The SMILES string of the molecule is Cc1cc(C=O)c(O)s1. The smallest absolute Gasteiger partial charge is 0.182 e. The lowest BCUT2D eigenvalue weighted by Gasteiger charge is -1.78. The van der Waals surface area contributed by atoms with Crippen molar-refractivity contribution in [1.29, 1.82) is 0 Å². The van der Waals surface area contributed by atoms with Crippen LogP contribution in [0.2, 0.25) is 0 Å². The second kappa shape index (κ2) is 2.19. The summed E-state index contributed by atoms with van der Waals surface area (Å²) in [4.78, 5) is 11.0. The number of aromatic hydroxyl groups is 1. The van der Waals surface area contributed by atoms with E-state index < -0.39 is 0 Å². The van der Waals surface area contributed by atoms with Crippen LogP contribution in [-0.2, 0) is 0 Å². The van der Waals surface area contributed by atoms with E-state index in [2.05, 4.69) is 0 Å². The van der Waals surface area contributed by atoms with Crippen LogP contribution in [0.5, 0.6) is 5.06 Å². The number of hydrogen-bond donors (Lipinski definition) is 1. The zero-order chi connectivity index (χ0) is 6.85. The molecule has 0 aliphatic carbocycles. The Balaban J connectivity index is 3.15. The Morgan fingerprint density at radius 1 is 1.78 bits per heavy atom. The van der Waals surface area contributed by atoms with E-state index in [-0.39, 0.29) is 5.06 Å². The monoisotopic (exact) mass is 142 g/mol. The van der Waals surface area contributed by atoms with Crippen molar-refractivity contribution in [2.75, 3.05) is 0 Å². The molecule has 0 atom stereocenters. The average Bonchev–Trinajstić information content (AvgIpc) is 2.10. The highest BCUT2D eigenvalue weighted by molar-refractivity contribution is 7.14. The highest BCUT2D eigenvalue weighted by Crippen LogP contribution is 2.26. The van der Waals surface area contributed by atoms with Crippen LogP contribution in [0.1, 0.15) is 15.2 Å². The van der Waals surface area contributed by atoms with Crippen LogP contribution < -0.4 is 0 Å². The van der Waals surface area contributed by atoms with Crippen LogP contribution in [0.25, 0.3) is 0 Å². The van der Waals surface area contributed by atoms with Gasteiger partial charge in [0, 0.05) is 4.88 Å². The Labute approximate surface area is 56.8 Å². The molecule has 0 spiro atoms. The van der Waals surface area contributed by atoms with Crippen LogP contribution in [-0.4, -0.2) is 11.4 Å². The van der Waals surface area contributed by atoms with Crippen molar-refractivity contribution in [1.82, 2.24) is 0 Å². The quantitative estimate of drug-likeness (QED) is 0.604. The van der Waals surface area contributed by atoms with Crippen LogP contribution in [0.15, 0.2) is 6.07 Å². The van der Waals surface area contributed by atoms with Gasteiger partial charge in [-0.1, -0.05) is 0 Å². The van der Waals surface area contributed by atoms with E-state index in [9.17, 15) is 4.79 Å². The molecule has 0 saturated heterocycles. The highest BCUT2D eigenvalue weighted by atomic mass is 32.1. The van der Waals surface area contributed by atoms with Crippen LogP contribution in [0.4, 0.5) is 0 Å². The second-order valence-electron chi connectivity index (χ2n) is 1.74. The third kappa shape index (κ3) is 1.10. The van der Waals surface area contributed by atoms with Gasteiger partial charge in [0.05, 0.1) is 5.56 Å². The van der Waals surface area contributed by atoms with Crippen LogP contribution >= 0.6 is 11.3 Å². The third-order valence-electron chi connectivity index (χ3n) is 0.990. The van der Waals surface area contributed by atoms with Gasteiger partial charge in [0.25, 0.3) is 0 Å². The molecular weight excluding hydrogens is 136 g/mol. The molecule has 1 N–H and O–H groups in total. The fourth-order valence-electron chi connectivity index (χ4n) is 0.606. The number of hydrogen-bond acceptors (Lipinski definition) is 3. The minimum atomic E-state index is 0.113. The lowest BCUT2D eigenvalue weighted by molar-refractivity contribution is 0.112. The van der Waals surface area contributed by atoms with E-state index >= 15 is 0 Å². The molecule has 0 saturated carbocycles. The van der Waals surface area contributed by atoms with Crippen molar-refractivity contribution < 1.29 is 9.90 Å². The van der Waals surface area contributed by atoms with Crippen LogP contribution in [0.3, 0.4) is 0 Å². The van der Waals surface area contributed by atoms with E-state index in [0.29, 0.717) is 11.8 Å². The first-order chi connectivity index (χ1) is 4.24. The summed E-state index contributed by atoms with van der Waals surface area (Å²) >= 11 is 1.22. The Morgan fingerprint density at radius 2 is 2.44 bits per heavy atom. The summed E-state index contributed by atoms with van der Waals surface area (Å²) in [7, 11) is 0. The molecule has 1 rings (SSSR count). The summed E-state index contributed by atoms with van der Waals surface area (Å²) in [5, 5.41) is 9.03. The molecule has 1 aromatic rings. The summed E-state index contributed by atoms with van der Waals surface area (Å²) in [6, 6.07) is 1.66. The lowest BCUT2D eigenvalue weighted by Crippen LogP contribution is -1.69. The molecular formula is C6H6O2S. The predicted molar refractivity (Wildman–Crippen MR) is 36.1 cm³/mol. The molecule has 0 fully saturated rings. The van der Waals surface area contributed by atoms with Crippen molar-refractivity contribution in [2.45, 2.75) is 6.92 Å². The minimum absolute atomic E-state index is 0.113. The highest BCUT2D eigenvalue weighted by Gasteiger charge is 2.01. The fraction of sp³-hybridized carbons (Fsp3) is 0.167. The fourth-order valence-corrected chi connectivity index (χ4v) is 1.32. The number of carbonyl (C=O) groups excluding carboxylic acids is 1. The van der Waals surface area contributed by atoms with Gasteiger partial charge in [0.2, 0.25) is 0 Å². The van der Waals surface area contributed by atoms with E-state index in [1.165, 1.54) is 11.3 Å². The van der Waals surface area contributed by atoms with Gasteiger partial charge in [-0.2, -0.15) is 0 Å². The van der Waals surface area contributed by atoms with Gasteiger partial charge in [0.1, 0.15) is 0 Å². The number of carbonyl (C=O) groups is 1. The standard InChI is InChI=1S/C6H6O2S/c1-4-2-5(3-7)6(8)9-4/h2-3,8H,1H3. The van der Waals surface area contributed by atoms with E-state index in [1.54, 1.807) is 6.07 Å². The maximum atomic E-state index is 10.1. The molecule has 0 radical (unpaired) electrons. The van der Waals surface area contributed by atoms with Crippen molar-refractivity contribution in [3.63, 3.8) is 0 Å². The third-order valence-corrected chi connectivity index (χ3v) is 1.86. The van der Waals surface area contributed by atoms with E-state index in [0.717, 1.165) is 4.88 Å². The molecule has 0 unspecified atom stereocenters. The van der Waals surface area contributed by atoms with Gasteiger partial charge in [0.15, 0.2) is 11.3 Å². The van der Waals surface area contributed by atoms with E-state index in [4.69, 9.17) is 5.11 Å². The van der Waals surface area contributed by atoms with Crippen molar-refractivity contribution in [2.24, 2.45) is 0 Å². The van der Waals surface area contributed by atoms with Gasteiger partial charge < -0.3 is 5.11 Å². The summed E-state index contributed by atoms with van der Waals surface area (Å²) in [5.74, 6) is 0. The molecule has 1 aromatic heterocycles. The number of rotatable bonds is 1.